The molecule has 2 N–H and O–H groups in total. The van der Waals surface area contributed by atoms with Gasteiger partial charge in [-0.1, -0.05) is 0 Å². The molecule has 2 rings (SSSR count). The summed E-state index contributed by atoms with van der Waals surface area (Å²) >= 11 is 0. The van der Waals surface area contributed by atoms with Gasteiger partial charge in [-0.05, 0) is 6.92 Å². The molecule has 0 bridgehead atoms. The number of ether oxygens (including phenoxy) is 1. The minimum atomic E-state index is -0.169. The predicted octanol–water partition coefficient (Wildman–Crippen LogP) is -0.0244. The topological polar surface area (TPSA) is 73.4 Å². The van der Waals surface area contributed by atoms with Gasteiger partial charge in [-0.2, -0.15) is 5.10 Å². The molecule has 0 spiro atoms. The lowest BCUT2D eigenvalue weighted by Gasteiger charge is -2.26. The van der Waals surface area contributed by atoms with E-state index in [1.54, 1.807) is 22.9 Å². The van der Waals surface area contributed by atoms with E-state index in [-0.39, 0.29) is 18.0 Å². The first-order valence-corrected chi connectivity index (χ1v) is 6.08. The van der Waals surface area contributed by atoms with Crippen LogP contribution in [-0.4, -0.2) is 46.9 Å². The molecule has 1 saturated heterocycles. The number of likely N-dealkylation sites (tertiary alicyclic amines) is 1. The molecule has 0 saturated carbocycles. The van der Waals surface area contributed by atoms with Crippen LogP contribution in [0.4, 0.5) is 0 Å². The van der Waals surface area contributed by atoms with E-state index in [1.165, 1.54) is 0 Å². The van der Waals surface area contributed by atoms with Crippen molar-refractivity contribution in [1.82, 2.24) is 14.7 Å². The summed E-state index contributed by atoms with van der Waals surface area (Å²) in [5.74, 6) is 0.0906. The standard InChI is InChI=1S/C12H20N4O2/c1-8-9(7-14-15(8)2)12-10(13)6-11(17)16(12)4-5-18-3/h7,10,12H,4-6,13H2,1-3H3. The molecule has 0 aliphatic carbocycles. The second-order valence-corrected chi connectivity index (χ2v) is 4.70. The maximum Gasteiger partial charge on any atom is 0.224 e. The fourth-order valence-electron chi connectivity index (χ4n) is 2.47. The summed E-state index contributed by atoms with van der Waals surface area (Å²) < 4.78 is 6.86. The van der Waals surface area contributed by atoms with Gasteiger partial charge in [-0.15, -0.1) is 0 Å². The first-order chi connectivity index (χ1) is 8.56. The molecule has 18 heavy (non-hydrogen) atoms. The number of aryl methyl sites for hydroxylation is 1. The highest BCUT2D eigenvalue weighted by atomic mass is 16.5. The van der Waals surface area contributed by atoms with Crippen LogP contribution in [0.5, 0.6) is 0 Å². The quantitative estimate of drug-likeness (QED) is 0.817. The Balaban J connectivity index is 2.28. The summed E-state index contributed by atoms with van der Waals surface area (Å²) in [7, 11) is 3.52. The minimum absolute atomic E-state index is 0.0821. The Morgan fingerprint density at radius 3 is 2.89 bits per heavy atom. The summed E-state index contributed by atoms with van der Waals surface area (Å²) in [5, 5.41) is 4.23. The number of aromatic nitrogens is 2. The van der Waals surface area contributed by atoms with Gasteiger partial charge in [-0.3, -0.25) is 9.48 Å². The van der Waals surface area contributed by atoms with Gasteiger partial charge < -0.3 is 15.4 Å². The zero-order chi connectivity index (χ0) is 13.3. The second kappa shape index (κ2) is 5.07. The van der Waals surface area contributed by atoms with Gasteiger partial charge in [0.15, 0.2) is 0 Å². The van der Waals surface area contributed by atoms with Crippen molar-refractivity contribution in [3.05, 3.63) is 17.5 Å². The first-order valence-electron chi connectivity index (χ1n) is 6.08. The molecule has 1 aromatic rings. The molecular weight excluding hydrogens is 232 g/mol. The largest absolute Gasteiger partial charge is 0.383 e. The number of hydrogen-bond donors (Lipinski definition) is 1. The number of rotatable bonds is 4. The smallest absolute Gasteiger partial charge is 0.224 e. The SMILES string of the molecule is COCCN1C(=O)CC(N)C1c1cnn(C)c1C. The van der Waals surface area contributed by atoms with Crippen molar-refractivity contribution in [2.75, 3.05) is 20.3 Å². The fraction of sp³-hybridized carbons (Fsp3) is 0.667. The van der Waals surface area contributed by atoms with E-state index in [2.05, 4.69) is 5.10 Å². The molecular formula is C12H20N4O2. The number of nitrogens with zero attached hydrogens (tertiary/aromatic N) is 3. The van der Waals surface area contributed by atoms with Gasteiger partial charge in [0, 0.05) is 44.4 Å². The molecule has 6 heteroatoms. The van der Waals surface area contributed by atoms with Crippen LogP contribution in [0, 0.1) is 6.92 Å². The van der Waals surface area contributed by atoms with Crippen molar-refractivity contribution in [1.29, 1.82) is 0 Å². The van der Waals surface area contributed by atoms with Gasteiger partial charge in [0.2, 0.25) is 5.91 Å². The Bertz CT molecular complexity index is 443. The zero-order valence-corrected chi connectivity index (χ0v) is 11.1. The molecule has 1 aromatic heterocycles. The van der Waals surface area contributed by atoms with Crippen molar-refractivity contribution in [2.24, 2.45) is 12.8 Å². The molecule has 0 radical (unpaired) electrons. The van der Waals surface area contributed by atoms with Gasteiger partial charge >= 0.3 is 0 Å². The number of nitrogens with two attached hydrogens (primary N) is 1. The second-order valence-electron chi connectivity index (χ2n) is 4.70. The summed E-state index contributed by atoms with van der Waals surface area (Å²) in [6, 6.07) is -0.251. The number of carbonyl (C=O) groups excluding carboxylic acids is 1. The number of methoxy groups -OCH3 is 1. The summed E-state index contributed by atoms with van der Waals surface area (Å²) in [6.45, 7) is 3.09. The van der Waals surface area contributed by atoms with Crippen molar-refractivity contribution < 1.29 is 9.53 Å². The van der Waals surface area contributed by atoms with Crippen molar-refractivity contribution in [3.8, 4) is 0 Å². The van der Waals surface area contributed by atoms with E-state index in [4.69, 9.17) is 10.5 Å². The molecule has 0 aromatic carbocycles. The Labute approximate surface area is 107 Å². The third kappa shape index (κ3) is 2.13. The Morgan fingerprint density at radius 1 is 1.61 bits per heavy atom. The predicted molar refractivity (Wildman–Crippen MR) is 66.9 cm³/mol. The van der Waals surface area contributed by atoms with Crippen LogP contribution in [-0.2, 0) is 16.6 Å². The van der Waals surface area contributed by atoms with Crippen LogP contribution < -0.4 is 5.73 Å². The summed E-state index contributed by atoms with van der Waals surface area (Å²) in [5.41, 5.74) is 8.18. The van der Waals surface area contributed by atoms with Crippen LogP contribution in [0.3, 0.4) is 0 Å². The van der Waals surface area contributed by atoms with Crippen LogP contribution >= 0.6 is 0 Å². The van der Waals surface area contributed by atoms with Crippen molar-refractivity contribution in [3.63, 3.8) is 0 Å². The van der Waals surface area contributed by atoms with Gasteiger partial charge in [0.1, 0.15) is 0 Å². The van der Waals surface area contributed by atoms with Crippen molar-refractivity contribution in [2.45, 2.75) is 25.4 Å². The van der Waals surface area contributed by atoms with E-state index < -0.39 is 0 Å². The normalized spacial score (nSPS) is 24.0. The molecule has 100 valence electrons. The highest BCUT2D eigenvalue weighted by Gasteiger charge is 2.39. The van der Waals surface area contributed by atoms with Crippen LogP contribution in [0.25, 0.3) is 0 Å². The lowest BCUT2D eigenvalue weighted by molar-refractivity contribution is -0.129. The average molecular weight is 252 g/mol. The summed E-state index contributed by atoms with van der Waals surface area (Å²) in [6.07, 6.45) is 2.20. The van der Waals surface area contributed by atoms with Crippen LogP contribution in [0.2, 0.25) is 0 Å². The Morgan fingerprint density at radius 2 is 2.33 bits per heavy atom. The minimum Gasteiger partial charge on any atom is -0.383 e. The molecule has 2 atom stereocenters. The monoisotopic (exact) mass is 252 g/mol. The highest BCUT2D eigenvalue weighted by Crippen LogP contribution is 2.33. The lowest BCUT2D eigenvalue weighted by Crippen LogP contribution is -2.35. The Kier molecular flexibility index (Phi) is 3.68. The number of amides is 1. The molecule has 1 amide bonds. The third-order valence-electron chi connectivity index (χ3n) is 3.60. The fourth-order valence-corrected chi connectivity index (χ4v) is 2.47. The van der Waals surface area contributed by atoms with Gasteiger partial charge in [-0.25, -0.2) is 0 Å². The molecule has 2 heterocycles. The molecule has 1 aliphatic heterocycles. The highest BCUT2D eigenvalue weighted by molar-refractivity contribution is 5.80. The van der Waals surface area contributed by atoms with E-state index >= 15 is 0 Å². The molecule has 2 unspecified atom stereocenters. The van der Waals surface area contributed by atoms with E-state index in [9.17, 15) is 4.79 Å². The van der Waals surface area contributed by atoms with E-state index in [0.717, 1.165) is 11.3 Å². The van der Waals surface area contributed by atoms with Gasteiger partial charge in [0.25, 0.3) is 0 Å². The summed E-state index contributed by atoms with van der Waals surface area (Å²) in [4.78, 5) is 13.8. The van der Waals surface area contributed by atoms with E-state index in [0.29, 0.717) is 19.6 Å². The van der Waals surface area contributed by atoms with Gasteiger partial charge in [0.05, 0.1) is 18.8 Å². The zero-order valence-electron chi connectivity index (χ0n) is 11.1. The molecule has 1 fully saturated rings. The van der Waals surface area contributed by atoms with E-state index in [1.807, 2.05) is 14.0 Å². The van der Waals surface area contributed by atoms with Crippen LogP contribution in [0.15, 0.2) is 6.20 Å². The number of carbonyl (C=O) groups is 1. The maximum atomic E-state index is 12.0. The number of hydrogen-bond acceptors (Lipinski definition) is 4. The Hall–Kier alpha value is -1.40. The first kappa shape index (κ1) is 13.0. The maximum absolute atomic E-state index is 12.0. The third-order valence-corrected chi connectivity index (χ3v) is 3.60. The van der Waals surface area contributed by atoms with Crippen LogP contribution in [0.1, 0.15) is 23.7 Å². The lowest BCUT2D eigenvalue weighted by atomic mass is 10.0. The molecule has 1 aliphatic rings. The van der Waals surface area contributed by atoms with Crippen molar-refractivity contribution >= 4 is 5.91 Å². The average Bonchev–Trinajstić information content (AvgIpc) is 2.78. The molecule has 6 nitrogen and oxygen atoms in total.